The Morgan fingerprint density at radius 2 is 2.40 bits per heavy atom. The minimum absolute atomic E-state index is 0. The smallest absolute Gasteiger partial charge is 0.407 e. The number of hydrogen-bond donors (Lipinski definition) is 1. The summed E-state index contributed by atoms with van der Waals surface area (Å²) in [6.45, 7) is 6.67. The summed E-state index contributed by atoms with van der Waals surface area (Å²) >= 11 is 0. The predicted molar refractivity (Wildman–Crippen MR) is 42.0 cm³/mol. The molecule has 1 amide bonds. The third kappa shape index (κ3) is 2.71. The Morgan fingerprint density at radius 3 is 2.60 bits per heavy atom. The number of carbonyl (C=O) groups is 1. The topological polar surface area (TPSA) is 38.3 Å². The SMILES string of the molecule is CC.CC[C@H]1CNC(=O)O1.[HH]. The fourth-order valence-electron chi connectivity index (χ4n) is 0.660. The minimum Gasteiger partial charge on any atom is -0.444 e. The Labute approximate surface area is 63.2 Å². The van der Waals surface area contributed by atoms with Crippen LogP contribution in [0.4, 0.5) is 4.79 Å². The van der Waals surface area contributed by atoms with Crippen LogP contribution >= 0.6 is 0 Å². The minimum atomic E-state index is -0.281. The second-order valence-electron chi connectivity index (χ2n) is 1.82. The molecule has 0 aliphatic carbocycles. The summed E-state index contributed by atoms with van der Waals surface area (Å²) in [6, 6.07) is 0. The molecule has 0 bridgehead atoms. The first-order valence-electron chi connectivity index (χ1n) is 3.77. The van der Waals surface area contributed by atoms with E-state index >= 15 is 0 Å². The number of alkyl carbamates (subject to hydrolysis) is 1. The van der Waals surface area contributed by atoms with Gasteiger partial charge in [0.1, 0.15) is 6.10 Å². The molecule has 1 N–H and O–H groups in total. The molecule has 0 spiro atoms. The van der Waals surface area contributed by atoms with Crippen molar-refractivity contribution >= 4 is 6.09 Å². The van der Waals surface area contributed by atoms with Gasteiger partial charge >= 0.3 is 6.09 Å². The lowest BCUT2D eigenvalue weighted by molar-refractivity contribution is 0.138. The molecule has 10 heavy (non-hydrogen) atoms. The van der Waals surface area contributed by atoms with E-state index in [-0.39, 0.29) is 13.6 Å². The zero-order valence-electron chi connectivity index (χ0n) is 6.81. The maximum atomic E-state index is 10.3. The van der Waals surface area contributed by atoms with Gasteiger partial charge in [0.25, 0.3) is 0 Å². The Hall–Kier alpha value is -0.730. The fraction of sp³-hybridized carbons (Fsp3) is 0.857. The van der Waals surface area contributed by atoms with E-state index < -0.39 is 0 Å². The maximum absolute atomic E-state index is 10.3. The normalized spacial score (nSPS) is 22.3. The van der Waals surface area contributed by atoms with Crippen LogP contribution in [0.1, 0.15) is 28.6 Å². The molecule has 0 unspecified atom stereocenters. The molecule has 1 fully saturated rings. The number of nitrogens with one attached hydrogen (secondary N) is 1. The largest absolute Gasteiger partial charge is 0.444 e. The van der Waals surface area contributed by atoms with Gasteiger partial charge in [-0.1, -0.05) is 20.8 Å². The van der Waals surface area contributed by atoms with Crippen molar-refractivity contribution in [2.24, 2.45) is 0 Å². The van der Waals surface area contributed by atoms with Crippen molar-refractivity contribution < 1.29 is 11.0 Å². The van der Waals surface area contributed by atoms with Gasteiger partial charge in [-0.2, -0.15) is 0 Å². The Balaban J connectivity index is 0. The lowest BCUT2D eigenvalue weighted by atomic mass is 10.3. The highest BCUT2D eigenvalue weighted by Gasteiger charge is 2.19. The number of cyclic esters (lactones) is 1. The van der Waals surface area contributed by atoms with Crippen molar-refractivity contribution in [3.05, 3.63) is 0 Å². The molecule has 62 valence electrons. The molecule has 3 heteroatoms. The zero-order chi connectivity index (χ0) is 7.98. The van der Waals surface area contributed by atoms with Gasteiger partial charge in [0, 0.05) is 1.43 Å². The van der Waals surface area contributed by atoms with Crippen molar-refractivity contribution in [2.75, 3.05) is 6.54 Å². The molecule has 1 aliphatic heterocycles. The van der Waals surface area contributed by atoms with Crippen molar-refractivity contribution in [2.45, 2.75) is 33.3 Å². The van der Waals surface area contributed by atoms with Gasteiger partial charge in [0.05, 0.1) is 6.54 Å². The second kappa shape index (κ2) is 5.09. The summed E-state index contributed by atoms with van der Waals surface area (Å²) in [5.74, 6) is 0. The van der Waals surface area contributed by atoms with E-state index in [4.69, 9.17) is 4.74 Å². The molecule has 0 radical (unpaired) electrons. The summed E-state index contributed by atoms with van der Waals surface area (Å²) in [7, 11) is 0. The number of carbonyl (C=O) groups excluding carboxylic acids is 1. The van der Waals surface area contributed by atoms with E-state index in [0.29, 0.717) is 6.54 Å². The molecule has 1 heterocycles. The molecular formula is C7H17NO2. The maximum Gasteiger partial charge on any atom is 0.407 e. The highest BCUT2D eigenvalue weighted by atomic mass is 16.6. The summed E-state index contributed by atoms with van der Waals surface area (Å²) in [4.78, 5) is 10.3. The van der Waals surface area contributed by atoms with Crippen molar-refractivity contribution in [3.8, 4) is 0 Å². The lowest BCUT2D eigenvalue weighted by Crippen LogP contribution is -2.13. The molecule has 1 saturated heterocycles. The van der Waals surface area contributed by atoms with E-state index in [2.05, 4.69) is 5.32 Å². The van der Waals surface area contributed by atoms with Crippen LogP contribution in [-0.2, 0) is 4.74 Å². The molecular weight excluding hydrogens is 130 g/mol. The van der Waals surface area contributed by atoms with Gasteiger partial charge in [0.15, 0.2) is 0 Å². The van der Waals surface area contributed by atoms with Crippen molar-refractivity contribution in [1.29, 1.82) is 0 Å². The summed E-state index contributed by atoms with van der Waals surface area (Å²) in [6.07, 6.45) is 0.734. The first kappa shape index (κ1) is 9.27. The number of ether oxygens (including phenoxy) is 1. The number of hydrogen-bond acceptors (Lipinski definition) is 2. The molecule has 1 rings (SSSR count). The second-order valence-corrected chi connectivity index (χ2v) is 1.82. The van der Waals surface area contributed by atoms with Crippen LogP contribution in [0.3, 0.4) is 0 Å². The van der Waals surface area contributed by atoms with Crippen LogP contribution in [0, 0.1) is 0 Å². The average molecular weight is 147 g/mol. The Kier molecular flexibility index (Phi) is 4.72. The first-order chi connectivity index (χ1) is 4.83. The summed E-state index contributed by atoms with van der Waals surface area (Å²) < 4.78 is 4.76. The van der Waals surface area contributed by atoms with E-state index in [1.54, 1.807) is 0 Å². The van der Waals surface area contributed by atoms with Crippen LogP contribution in [0.25, 0.3) is 0 Å². The monoisotopic (exact) mass is 147 g/mol. The van der Waals surface area contributed by atoms with Crippen LogP contribution in [0.2, 0.25) is 0 Å². The fourth-order valence-corrected chi connectivity index (χ4v) is 0.660. The molecule has 3 nitrogen and oxygen atoms in total. The van der Waals surface area contributed by atoms with Gasteiger partial charge in [0.2, 0.25) is 0 Å². The average Bonchev–Trinajstić information content (AvgIpc) is 2.40. The number of rotatable bonds is 1. The van der Waals surface area contributed by atoms with E-state index in [9.17, 15) is 4.79 Å². The highest BCUT2D eigenvalue weighted by Crippen LogP contribution is 2.02. The summed E-state index contributed by atoms with van der Waals surface area (Å²) in [5, 5.41) is 2.56. The van der Waals surface area contributed by atoms with Gasteiger partial charge in [-0.25, -0.2) is 4.79 Å². The molecule has 1 aliphatic rings. The third-order valence-electron chi connectivity index (χ3n) is 1.20. The van der Waals surface area contributed by atoms with Crippen LogP contribution < -0.4 is 5.32 Å². The summed E-state index contributed by atoms with van der Waals surface area (Å²) in [5.41, 5.74) is 0. The van der Waals surface area contributed by atoms with E-state index in [1.165, 1.54) is 0 Å². The quantitative estimate of drug-likeness (QED) is 0.614. The van der Waals surface area contributed by atoms with Crippen LogP contribution in [0.5, 0.6) is 0 Å². The molecule has 1 atom stereocenters. The Bertz CT molecular complexity index is 109. The predicted octanol–water partition coefficient (Wildman–Crippen LogP) is 1.78. The zero-order valence-corrected chi connectivity index (χ0v) is 6.81. The Morgan fingerprint density at radius 1 is 1.80 bits per heavy atom. The lowest BCUT2D eigenvalue weighted by Gasteiger charge is -1.99. The van der Waals surface area contributed by atoms with Crippen molar-refractivity contribution in [1.82, 2.24) is 5.32 Å². The van der Waals surface area contributed by atoms with Crippen molar-refractivity contribution in [3.63, 3.8) is 0 Å². The van der Waals surface area contributed by atoms with E-state index in [0.717, 1.165) is 6.42 Å². The van der Waals surface area contributed by atoms with Crippen LogP contribution in [0.15, 0.2) is 0 Å². The van der Waals surface area contributed by atoms with Gasteiger partial charge in [-0.15, -0.1) is 0 Å². The number of amides is 1. The first-order valence-corrected chi connectivity index (χ1v) is 3.77. The van der Waals surface area contributed by atoms with Gasteiger partial charge in [-0.3, -0.25) is 0 Å². The molecule has 0 aromatic rings. The molecule has 0 aromatic carbocycles. The molecule has 0 aromatic heterocycles. The van der Waals surface area contributed by atoms with Gasteiger partial charge in [-0.05, 0) is 6.42 Å². The standard InChI is InChI=1S/C5H9NO2.C2H6.H2/c1-2-4-3-6-5(7)8-4;1-2;/h4H,2-3H2,1H3,(H,6,7);1-2H3;1H/t4-;;/m0../s1. The highest BCUT2D eigenvalue weighted by molar-refractivity contribution is 5.69. The van der Waals surface area contributed by atoms with E-state index in [1.807, 2.05) is 20.8 Å². The molecule has 0 saturated carbocycles. The van der Waals surface area contributed by atoms with Gasteiger partial charge < -0.3 is 10.1 Å². The third-order valence-corrected chi connectivity index (χ3v) is 1.20. The van der Waals surface area contributed by atoms with Crippen LogP contribution in [-0.4, -0.2) is 18.7 Å².